The zero-order valence-electron chi connectivity index (χ0n) is 16.5. The highest BCUT2D eigenvalue weighted by atomic mass is 19.1. The highest BCUT2D eigenvalue weighted by Gasteiger charge is 2.13. The number of amides is 2. The van der Waals surface area contributed by atoms with Crippen LogP contribution in [0.4, 0.5) is 4.39 Å². The van der Waals surface area contributed by atoms with Crippen molar-refractivity contribution in [1.82, 2.24) is 15.5 Å². The second-order valence-corrected chi connectivity index (χ2v) is 6.98. The lowest BCUT2D eigenvalue weighted by Gasteiger charge is -2.24. The van der Waals surface area contributed by atoms with Crippen molar-refractivity contribution in [1.29, 1.82) is 0 Å². The molecular weight excluding hydrogens is 357 g/mol. The Bertz CT molecular complexity index is 748. The van der Waals surface area contributed by atoms with Gasteiger partial charge in [-0.3, -0.25) is 9.59 Å². The molecule has 0 heterocycles. The van der Waals surface area contributed by atoms with Crippen LogP contribution >= 0.6 is 0 Å². The van der Waals surface area contributed by atoms with Gasteiger partial charge in [0.05, 0.1) is 0 Å². The minimum Gasteiger partial charge on any atom is -0.355 e. The number of likely N-dealkylation sites (N-methyl/N-ethyl adjacent to an activating group) is 1. The van der Waals surface area contributed by atoms with E-state index in [-0.39, 0.29) is 23.7 Å². The minimum atomic E-state index is -0.378. The van der Waals surface area contributed by atoms with E-state index in [1.165, 1.54) is 29.8 Å². The molecule has 0 bridgehead atoms. The molecule has 0 aliphatic heterocycles. The molecule has 0 saturated carbocycles. The van der Waals surface area contributed by atoms with Crippen molar-refractivity contribution in [3.63, 3.8) is 0 Å². The first-order valence-corrected chi connectivity index (χ1v) is 9.46. The summed E-state index contributed by atoms with van der Waals surface area (Å²) in [5.74, 6) is -0.677. The van der Waals surface area contributed by atoms with E-state index in [0.717, 1.165) is 6.42 Å². The normalized spacial score (nSPS) is 11.9. The van der Waals surface area contributed by atoms with E-state index in [4.69, 9.17) is 0 Å². The lowest BCUT2D eigenvalue weighted by molar-refractivity contribution is -0.121. The van der Waals surface area contributed by atoms with Crippen LogP contribution in [0.25, 0.3) is 0 Å². The van der Waals surface area contributed by atoms with E-state index in [1.807, 2.05) is 32.3 Å². The van der Waals surface area contributed by atoms with Crippen LogP contribution in [0, 0.1) is 5.82 Å². The van der Waals surface area contributed by atoms with E-state index in [1.54, 1.807) is 0 Å². The topological polar surface area (TPSA) is 61.4 Å². The van der Waals surface area contributed by atoms with Gasteiger partial charge in [0.25, 0.3) is 5.91 Å². The lowest BCUT2D eigenvalue weighted by Crippen LogP contribution is -2.41. The van der Waals surface area contributed by atoms with Gasteiger partial charge in [-0.2, -0.15) is 0 Å². The van der Waals surface area contributed by atoms with Gasteiger partial charge in [-0.15, -0.1) is 0 Å². The van der Waals surface area contributed by atoms with Crippen LogP contribution in [-0.2, 0) is 11.2 Å². The van der Waals surface area contributed by atoms with Crippen molar-refractivity contribution < 1.29 is 14.0 Å². The quantitative estimate of drug-likeness (QED) is 0.618. The van der Waals surface area contributed by atoms with Crippen LogP contribution in [0.15, 0.2) is 54.6 Å². The molecule has 2 N–H and O–H groups in total. The maximum absolute atomic E-state index is 12.9. The van der Waals surface area contributed by atoms with Gasteiger partial charge in [-0.25, -0.2) is 4.39 Å². The smallest absolute Gasteiger partial charge is 0.251 e. The van der Waals surface area contributed by atoms with Gasteiger partial charge in [-0.1, -0.05) is 30.3 Å². The molecule has 5 nitrogen and oxygen atoms in total. The van der Waals surface area contributed by atoms with Gasteiger partial charge in [0.1, 0.15) is 5.82 Å². The Morgan fingerprint density at radius 1 is 1.00 bits per heavy atom. The highest BCUT2D eigenvalue weighted by Crippen LogP contribution is 2.06. The van der Waals surface area contributed by atoms with Crippen LogP contribution in [-0.4, -0.2) is 49.9 Å². The Kier molecular flexibility index (Phi) is 8.62. The maximum Gasteiger partial charge on any atom is 0.251 e. The summed E-state index contributed by atoms with van der Waals surface area (Å²) in [5, 5.41) is 5.72. The first-order chi connectivity index (χ1) is 13.5. The van der Waals surface area contributed by atoms with Crippen molar-refractivity contribution in [2.24, 2.45) is 0 Å². The molecule has 0 aromatic heterocycles. The van der Waals surface area contributed by atoms with Gasteiger partial charge in [0.2, 0.25) is 5.91 Å². The van der Waals surface area contributed by atoms with Gasteiger partial charge in [0.15, 0.2) is 0 Å². The van der Waals surface area contributed by atoms with Crippen molar-refractivity contribution >= 4 is 11.8 Å². The predicted molar refractivity (Wildman–Crippen MR) is 109 cm³/mol. The van der Waals surface area contributed by atoms with Crippen molar-refractivity contribution in [3.05, 3.63) is 71.5 Å². The fraction of sp³-hybridized carbons (Fsp3) is 0.364. The number of benzene rings is 2. The number of hydrogen-bond donors (Lipinski definition) is 2. The number of nitrogens with one attached hydrogen (secondary N) is 2. The van der Waals surface area contributed by atoms with E-state index in [0.29, 0.717) is 31.5 Å². The number of hydrogen-bond acceptors (Lipinski definition) is 3. The van der Waals surface area contributed by atoms with E-state index < -0.39 is 0 Å². The number of carbonyl (C=O) groups excluding carboxylic acids is 2. The van der Waals surface area contributed by atoms with Crippen LogP contribution in [0.2, 0.25) is 0 Å². The summed E-state index contributed by atoms with van der Waals surface area (Å²) in [6, 6.07) is 15.8. The Labute approximate surface area is 165 Å². The van der Waals surface area contributed by atoms with Gasteiger partial charge >= 0.3 is 0 Å². The number of rotatable bonds is 10. The van der Waals surface area contributed by atoms with Gasteiger partial charge in [-0.05, 0) is 56.8 Å². The third-order valence-corrected chi connectivity index (χ3v) is 4.55. The van der Waals surface area contributed by atoms with Crippen molar-refractivity contribution in [2.45, 2.75) is 25.3 Å². The Hall–Kier alpha value is -2.73. The first-order valence-electron chi connectivity index (χ1n) is 9.46. The Morgan fingerprint density at radius 2 is 1.68 bits per heavy atom. The summed E-state index contributed by atoms with van der Waals surface area (Å²) in [6.45, 7) is 0.966. The average molecular weight is 385 g/mol. The molecule has 0 fully saturated rings. The summed E-state index contributed by atoms with van der Waals surface area (Å²) in [7, 11) is 4.01. The molecule has 0 radical (unpaired) electrons. The third-order valence-electron chi connectivity index (χ3n) is 4.55. The van der Waals surface area contributed by atoms with E-state index in [2.05, 4.69) is 27.7 Å². The molecule has 28 heavy (non-hydrogen) atoms. The molecule has 1 atom stereocenters. The first kappa shape index (κ1) is 21.6. The molecule has 2 rings (SSSR count). The minimum absolute atomic E-state index is 0.0315. The second kappa shape index (κ2) is 11.2. The van der Waals surface area contributed by atoms with Crippen LogP contribution < -0.4 is 10.6 Å². The second-order valence-electron chi connectivity index (χ2n) is 6.98. The summed E-state index contributed by atoms with van der Waals surface area (Å²) < 4.78 is 12.9. The summed E-state index contributed by atoms with van der Waals surface area (Å²) in [6.07, 6.45) is 1.75. The molecule has 0 spiro atoms. The zero-order chi connectivity index (χ0) is 20.4. The van der Waals surface area contributed by atoms with Gasteiger partial charge in [0, 0.05) is 31.1 Å². The Balaban J connectivity index is 1.67. The zero-order valence-corrected chi connectivity index (χ0v) is 16.5. The standard InChI is InChI=1S/C22H28FN3O2/c1-26(2)20(15-17-7-4-3-5-8-17)16-25-21(27)9-6-14-24-22(28)18-10-12-19(23)13-11-18/h3-5,7-8,10-13,20H,6,9,14-16H2,1-2H3,(H,24,28)(H,25,27). The molecular formula is C22H28FN3O2. The molecule has 0 aliphatic carbocycles. The highest BCUT2D eigenvalue weighted by molar-refractivity contribution is 5.94. The van der Waals surface area contributed by atoms with Crippen LogP contribution in [0.1, 0.15) is 28.8 Å². The van der Waals surface area contributed by atoms with Crippen LogP contribution in [0.5, 0.6) is 0 Å². The molecule has 6 heteroatoms. The lowest BCUT2D eigenvalue weighted by atomic mass is 10.1. The molecule has 2 aromatic carbocycles. The number of nitrogens with zero attached hydrogens (tertiary/aromatic N) is 1. The molecule has 2 aromatic rings. The monoisotopic (exact) mass is 385 g/mol. The summed E-state index contributed by atoms with van der Waals surface area (Å²) in [5.41, 5.74) is 1.64. The van der Waals surface area contributed by atoms with Gasteiger partial charge < -0.3 is 15.5 Å². The summed E-state index contributed by atoms with van der Waals surface area (Å²) >= 11 is 0. The van der Waals surface area contributed by atoms with Crippen LogP contribution in [0.3, 0.4) is 0 Å². The number of carbonyl (C=O) groups is 2. The molecule has 1 unspecified atom stereocenters. The van der Waals surface area contributed by atoms with E-state index in [9.17, 15) is 14.0 Å². The van der Waals surface area contributed by atoms with Crippen molar-refractivity contribution in [3.8, 4) is 0 Å². The fourth-order valence-corrected chi connectivity index (χ4v) is 2.80. The third kappa shape index (κ3) is 7.48. The van der Waals surface area contributed by atoms with Crippen molar-refractivity contribution in [2.75, 3.05) is 27.2 Å². The maximum atomic E-state index is 12.9. The molecule has 0 aliphatic rings. The largest absolute Gasteiger partial charge is 0.355 e. The predicted octanol–water partition coefficient (Wildman–Crippen LogP) is 2.62. The molecule has 2 amide bonds. The fourth-order valence-electron chi connectivity index (χ4n) is 2.80. The molecule has 0 saturated heterocycles. The molecule has 150 valence electrons. The number of halogens is 1. The Morgan fingerprint density at radius 3 is 2.32 bits per heavy atom. The van der Waals surface area contributed by atoms with E-state index >= 15 is 0 Å². The SMILES string of the molecule is CN(C)C(CNC(=O)CCCNC(=O)c1ccc(F)cc1)Cc1ccccc1. The summed E-state index contributed by atoms with van der Waals surface area (Å²) in [4.78, 5) is 26.1. The average Bonchev–Trinajstić information content (AvgIpc) is 2.69.